The summed E-state index contributed by atoms with van der Waals surface area (Å²) in [7, 11) is 2.21. The summed E-state index contributed by atoms with van der Waals surface area (Å²) in [6, 6.07) is 1.47. The van der Waals surface area contributed by atoms with Gasteiger partial charge in [0.1, 0.15) is 0 Å². The van der Waals surface area contributed by atoms with E-state index in [0.717, 1.165) is 37.3 Å². The Morgan fingerprint density at radius 2 is 1.36 bits per heavy atom. The average Bonchev–Trinajstić information content (AvgIpc) is 3.23. The Balaban J connectivity index is 0.000000578. The van der Waals surface area contributed by atoms with Crippen LogP contribution in [0.3, 0.4) is 0 Å². The lowest BCUT2D eigenvalue weighted by Gasteiger charge is -2.41. The smallest absolute Gasteiger partial charge is 0.0293 e. The molecular weight excluding hydrogens is 781 g/mol. The molecule has 0 aromatic carbocycles. The van der Waals surface area contributed by atoms with Crippen LogP contribution in [0.5, 0.6) is 0 Å². The highest BCUT2D eigenvalue weighted by molar-refractivity contribution is 8.01. The number of nitrogens with zero attached hydrogens (tertiary/aromatic N) is 4. The van der Waals surface area contributed by atoms with Crippen molar-refractivity contribution in [3.8, 4) is 12.3 Å². The van der Waals surface area contributed by atoms with Crippen molar-refractivity contribution in [2.75, 3.05) is 52.9 Å². The lowest BCUT2D eigenvalue weighted by molar-refractivity contribution is 0.103. The van der Waals surface area contributed by atoms with Crippen molar-refractivity contribution in [3.63, 3.8) is 0 Å². The first-order valence-electron chi connectivity index (χ1n) is 24.2. The molecule has 0 N–H and O–H groups in total. The number of piperidine rings is 3. The maximum Gasteiger partial charge on any atom is 0.0293 e. The highest BCUT2D eigenvalue weighted by Gasteiger charge is 2.29. The quantitative estimate of drug-likeness (QED) is 0.0682. The molecule has 1 unspecified atom stereocenters. The maximum atomic E-state index is 4.60. The predicted molar refractivity (Wildman–Crippen MR) is 281 cm³/mol. The van der Waals surface area contributed by atoms with E-state index >= 15 is 0 Å². The zero-order valence-corrected chi connectivity index (χ0v) is 43.7. The summed E-state index contributed by atoms with van der Waals surface area (Å²) < 4.78 is 5.01. The number of hydrogen-bond acceptors (Lipinski definition) is 6. The lowest BCUT2D eigenvalue weighted by Crippen LogP contribution is -2.46. The third-order valence-electron chi connectivity index (χ3n) is 12.4. The summed E-state index contributed by atoms with van der Waals surface area (Å²) >= 11 is 3.85. The van der Waals surface area contributed by atoms with E-state index in [2.05, 4.69) is 181 Å². The molecule has 346 valence electrons. The van der Waals surface area contributed by atoms with Gasteiger partial charge in [-0.3, -0.25) is 0 Å². The van der Waals surface area contributed by atoms with Crippen LogP contribution in [0, 0.1) is 41.9 Å². The van der Waals surface area contributed by atoms with Crippen molar-refractivity contribution in [3.05, 3.63) is 93.9 Å². The summed E-state index contributed by atoms with van der Waals surface area (Å²) in [5, 5.41) is 0. The van der Waals surface area contributed by atoms with Crippen molar-refractivity contribution in [2.24, 2.45) is 29.6 Å². The fraction of sp³-hybridized carbons (Fsp3) is 0.673. The first-order valence-corrected chi connectivity index (χ1v) is 25.7. The highest BCUT2D eigenvalue weighted by Crippen LogP contribution is 2.39. The van der Waals surface area contributed by atoms with Gasteiger partial charge in [-0.05, 0) is 189 Å². The number of hydrogen-bond donors (Lipinski definition) is 0. The SMILES string of the molecule is C#CC.C/C=C\C=C/C/C=C(/C=C\C=C/C)SN(C)CCC(C)N1CCC(C)CC1.C=C(/C(SN1CCC(N2CCC(C)CC2)CC1)=C(\C=C(/CC)C(C)C)C(C)C)C(C)C. The first-order chi connectivity index (χ1) is 29.1. The molecule has 0 aliphatic carbocycles. The molecule has 1 atom stereocenters. The van der Waals surface area contributed by atoms with Crippen molar-refractivity contribution in [1.82, 2.24) is 18.4 Å². The maximum absolute atomic E-state index is 4.60. The van der Waals surface area contributed by atoms with Crippen LogP contribution in [0.4, 0.5) is 0 Å². The van der Waals surface area contributed by atoms with Gasteiger partial charge in [-0.25, -0.2) is 8.61 Å². The normalized spacial score (nSPS) is 20.0. The molecule has 3 fully saturated rings. The summed E-state index contributed by atoms with van der Waals surface area (Å²) in [5.74, 6) is 5.65. The van der Waals surface area contributed by atoms with Crippen molar-refractivity contribution < 1.29 is 0 Å². The van der Waals surface area contributed by atoms with Gasteiger partial charge in [0.2, 0.25) is 0 Å². The monoisotopic (exact) mass is 875 g/mol. The van der Waals surface area contributed by atoms with Gasteiger partial charge in [0, 0.05) is 41.5 Å². The van der Waals surface area contributed by atoms with Crippen LogP contribution < -0.4 is 0 Å². The second kappa shape index (κ2) is 33.5. The highest BCUT2D eigenvalue weighted by atomic mass is 32.2. The van der Waals surface area contributed by atoms with E-state index < -0.39 is 0 Å². The summed E-state index contributed by atoms with van der Waals surface area (Å²) in [6.45, 7) is 42.4. The van der Waals surface area contributed by atoms with Crippen LogP contribution in [0.2, 0.25) is 0 Å². The van der Waals surface area contributed by atoms with E-state index in [1.807, 2.05) is 30.8 Å². The number of allylic oxidation sites excluding steroid dienone is 13. The van der Waals surface area contributed by atoms with Gasteiger partial charge in [-0.15, -0.1) is 12.3 Å². The Morgan fingerprint density at radius 1 is 0.803 bits per heavy atom. The van der Waals surface area contributed by atoms with Gasteiger partial charge >= 0.3 is 0 Å². The molecule has 0 aromatic rings. The molecule has 6 heteroatoms. The molecule has 61 heavy (non-hydrogen) atoms. The topological polar surface area (TPSA) is 13.0 Å². The zero-order valence-electron chi connectivity index (χ0n) is 42.0. The Hall–Kier alpha value is -1.98. The minimum Gasteiger partial charge on any atom is -0.301 e. The van der Waals surface area contributed by atoms with Gasteiger partial charge < -0.3 is 9.80 Å². The molecule has 3 saturated heterocycles. The molecule has 4 nitrogen and oxygen atoms in total. The molecule has 0 bridgehead atoms. The minimum atomic E-state index is 0.474. The molecule has 3 aliphatic heterocycles. The molecule has 0 radical (unpaired) electrons. The number of rotatable bonds is 20. The van der Waals surface area contributed by atoms with Gasteiger partial charge in [0.15, 0.2) is 0 Å². The number of terminal acetylenes is 1. The van der Waals surface area contributed by atoms with Crippen LogP contribution in [0.15, 0.2) is 93.9 Å². The lowest BCUT2D eigenvalue weighted by atomic mass is 9.91. The Kier molecular flexibility index (Phi) is 31.3. The summed E-state index contributed by atoms with van der Waals surface area (Å²) in [4.78, 5) is 8.19. The van der Waals surface area contributed by atoms with E-state index in [-0.39, 0.29) is 0 Å². The summed E-state index contributed by atoms with van der Waals surface area (Å²) in [6.07, 6.45) is 37.7. The molecule has 3 heterocycles. The molecule has 0 saturated carbocycles. The van der Waals surface area contributed by atoms with Gasteiger partial charge in [0.05, 0.1) is 0 Å². The van der Waals surface area contributed by atoms with Gasteiger partial charge in [-0.1, -0.05) is 129 Å². The van der Waals surface area contributed by atoms with Gasteiger partial charge in [-0.2, -0.15) is 0 Å². The van der Waals surface area contributed by atoms with Crippen LogP contribution >= 0.6 is 23.9 Å². The van der Waals surface area contributed by atoms with Crippen LogP contribution in [0.1, 0.15) is 148 Å². The van der Waals surface area contributed by atoms with E-state index in [1.54, 1.807) is 12.5 Å². The standard InChI is InChI=1S/C28H50N2S.C24H40N2S.C3H4/c1-10-25(21(4)5)19-27(22(6)7)28(24(9)20(2)3)31-30-17-13-26(14-18-30)29-15-11-23(8)12-16-29;1-6-8-10-11-13-15-24(14-12-9-7-2)27-25(5)19-18-23(4)26-20-16-22(3)17-21-26;1-3-2/h19-23,26H,9-18H2,1-8H3;6-12,14-15,22-23H,13,16-21H2,1-5H3;1H,2H3/b25-19+,28-27-;8-6-,9-7-,11-10-,14-12-,24-15-;. The van der Waals surface area contributed by atoms with Crippen molar-refractivity contribution in [2.45, 2.75) is 160 Å². The van der Waals surface area contributed by atoms with Crippen molar-refractivity contribution in [1.29, 1.82) is 0 Å². The molecule has 3 rings (SSSR count). The second-order valence-corrected chi connectivity index (χ2v) is 21.0. The van der Waals surface area contributed by atoms with Crippen LogP contribution in [-0.4, -0.2) is 83.4 Å². The van der Waals surface area contributed by atoms with E-state index in [4.69, 9.17) is 0 Å². The Labute approximate surface area is 388 Å². The summed E-state index contributed by atoms with van der Waals surface area (Å²) in [5.41, 5.74) is 4.34. The predicted octanol–water partition coefficient (Wildman–Crippen LogP) is 15.2. The number of likely N-dealkylation sites (tertiary alicyclic amines) is 2. The van der Waals surface area contributed by atoms with Crippen molar-refractivity contribution >= 4 is 23.9 Å². The minimum absolute atomic E-state index is 0.474. The zero-order chi connectivity index (χ0) is 45.7. The fourth-order valence-electron chi connectivity index (χ4n) is 7.85. The Bertz CT molecular complexity index is 1450. The van der Waals surface area contributed by atoms with E-state index in [0.29, 0.717) is 23.8 Å². The average molecular weight is 876 g/mol. The molecular formula is C55H94N4S2. The fourth-order valence-corrected chi connectivity index (χ4v) is 10.1. The third-order valence-corrected chi connectivity index (χ3v) is 14.7. The van der Waals surface area contributed by atoms with E-state index in [1.165, 1.54) is 105 Å². The van der Waals surface area contributed by atoms with Gasteiger partial charge in [0.25, 0.3) is 0 Å². The molecule has 0 spiro atoms. The van der Waals surface area contributed by atoms with Crippen LogP contribution in [-0.2, 0) is 0 Å². The van der Waals surface area contributed by atoms with Crippen LogP contribution in [0.25, 0.3) is 0 Å². The first kappa shape index (κ1) is 57.0. The largest absolute Gasteiger partial charge is 0.301 e. The Morgan fingerprint density at radius 3 is 1.87 bits per heavy atom. The molecule has 0 aromatic heterocycles. The second-order valence-electron chi connectivity index (χ2n) is 18.6. The molecule has 3 aliphatic rings. The van der Waals surface area contributed by atoms with E-state index in [9.17, 15) is 0 Å². The molecule has 0 amide bonds. The third kappa shape index (κ3) is 24.0.